The van der Waals surface area contributed by atoms with E-state index in [4.69, 9.17) is 18.9 Å². The molecule has 0 fully saturated rings. The summed E-state index contributed by atoms with van der Waals surface area (Å²) in [5.74, 6) is 1.37. The molecule has 0 aromatic heterocycles. The van der Waals surface area contributed by atoms with E-state index in [9.17, 15) is 28.2 Å². The molecule has 6 aromatic carbocycles. The smallest absolute Gasteiger partial charge is 0.206 e. The molecule has 0 spiro atoms. The first-order valence-electron chi connectivity index (χ1n) is 15.4. The second kappa shape index (κ2) is 14.5. The third-order valence-corrected chi connectivity index (χ3v) is 9.66. The van der Waals surface area contributed by atoms with Gasteiger partial charge in [0.2, 0.25) is 9.84 Å². The predicted molar refractivity (Wildman–Crippen MR) is 188 cm³/mol. The van der Waals surface area contributed by atoms with Crippen LogP contribution in [-0.4, -0.2) is 44.4 Å². The molecule has 0 aliphatic heterocycles. The maximum atomic E-state index is 13.3. The third-order valence-electron chi connectivity index (χ3n) is 7.87. The van der Waals surface area contributed by atoms with E-state index < -0.39 is 9.84 Å². The van der Waals surface area contributed by atoms with Crippen molar-refractivity contribution in [3.8, 4) is 46.0 Å². The minimum atomic E-state index is -3.86. The van der Waals surface area contributed by atoms with E-state index in [1.165, 1.54) is 87.0 Å². The van der Waals surface area contributed by atoms with Gasteiger partial charge < -0.3 is 29.2 Å². The van der Waals surface area contributed by atoms with E-state index in [-0.39, 0.29) is 44.0 Å². The molecule has 6 rings (SSSR count). The molecule has 0 aliphatic carbocycles. The van der Waals surface area contributed by atoms with Crippen LogP contribution in [0.2, 0.25) is 0 Å². The maximum absolute atomic E-state index is 13.3. The number of methoxy groups -OCH3 is 2. The van der Waals surface area contributed by atoms with Crippen LogP contribution in [0.3, 0.4) is 0 Å². The topological polar surface area (TPSA) is 146 Å². The van der Waals surface area contributed by atoms with Gasteiger partial charge in [-0.3, -0.25) is 9.59 Å². The van der Waals surface area contributed by atoms with Crippen molar-refractivity contribution in [2.75, 3.05) is 14.2 Å². The van der Waals surface area contributed by atoms with Gasteiger partial charge in [-0.2, -0.15) is 0 Å². The standard InChI is InChI=1S/C40H30O10S/c1-47-31-15-21-35(37(41)23-31)39(43)25-3-7-27(8-4-25)49-29-11-17-33(18-12-29)51(45,46)34-19-13-30(14-20-34)50-28-9-5-26(6-10-28)40(44)36-22-16-32(48-2)24-38(36)42/h3-24,41-42H,1-2H3. The van der Waals surface area contributed by atoms with E-state index in [1.807, 2.05) is 0 Å². The molecule has 0 aliphatic rings. The van der Waals surface area contributed by atoms with Crippen LogP contribution in [0, 0.1) is 0 Å². The van der Waals surface area contributed by atoms with Crippen LogP contribution in [-0.2, 0) is 9.84 Å². The monoisotopic (exact) mass is 702 g/mol. The molecular formula is C40H30O10S. The predicted octanol–water partition coefficient (Wildman–Crippen LogP) is 7.99. The van der Waals surface area contributed by atoms with Gasteiger partial charge in [-0.25, -0.2) is 8.42 Å². The summed E-state index contributed by atoms with van der Waals surface area (Å²) in [6.45, 7) is 0. The van der Waals surface area contributed by atoms with Crippen LogP contribution in [0.1, 0.15) is 31.8 Å². The zero-order chi connectivity index (χ0) is 36.1. The lowest BCUT2D eigenvalue weighted by Gasteiger charge is -2.10. The van der Waals surface area contributed by atoms with Crippen molar-refractivity contribution < 1.29 is 47.2 Å². The van der Waals surface area contributed by atoms with Gasteiger partial charge in [0.05, 0.1) is 35.1 Å². The molecule has 0 saturated heterocycles. The summed E-state index contributed by atoms with van der Waals surface area (Å²) in [6, 6.07) is 33.5. The van der Waals surface area contributed by atoms with E-state index in [1.54, 1.807) is 60.7 Å². The highest BCUT2D eigenvalue weighted by atomic mass is 32.2. The Morgan fingerprint density at radius 3 is 1.04 bits per heavy atom. The fourth-order valence-electron chi connectivity index (χ4n) is 5.10. The van der Waals surface area contributed by atoms with Crippen molar-refractivity contribution in [2.45, 2.75) is 9.79 Å². The molecule has 2 N–H and O–H groups in total. The van der Waals surface area contributed by atoms with Crippen LogP contribution < -0.4 is 18.9 Å². The average Bonchev–Trinajstić information content (AvgIpc) is 3.15. The Bertz CT molecular complexity index is 2150. The lowest BCUT2D eigenvalue weighted by molar-refractivity contribution is 0.102. The molecule has 0 amide bonds. The minimum Gasteiger partial charge on any atom is -0.507 e. The highest BCUT2D eigenvalue weighted by Gasteiger charge is 2.19. The minimum absolute atomic E-state index is 0.0620. The number of phenolic OH excluding ortho intramolecular Hbond substituents is 2. The van der Waals surface area contributed by atoms with Gasteiger partial charge in [0.1, 0.15) is 46.0 Å². The Hall–Kier alpha value is -6.59. The number of ether oxygens (including phenoxy) is 4. The number of hydrogen-bond donors (Lipinski definition) is 2. The molecule has 10 nitrogen and oxygen atoms in total. The zero-order valence-corrected chi connectivity index (χ0v) is 28.1. The molecule has 256 valence electrons. The van der Waals surface area contributed by atoms with Crippen molar-refractivity contribution in [3.05, 3.63) is 156 Å². The van der Waals surface area contributed by atoms with Crippen molar-refractivity contribution in [1.29, 1.82) is 0 Å². The number of sulfone groups is 1. The molecule has 0 saturated carbocycles. The summed E-state index contributed by atoms with van der Waals surface area (Å²) in [4.78, 5) is 25.8. The number of aromatic hydroxyl groups is 2. The van der Waals surface area contributed by atoms with E-state index in [0.29, 0.717) is 45.6 Å². The number of phenols is 2. The van der Waals surface area contributed by atoms with E-state index in [0.717, 1.165) is 0 Å². The van der Waals surface area contributed by atoms with E-state index >= 15 is 0 Å². The molecular weight excluding hydrogens is 672 g/mol. The molecule has 11 heteroatoms. The number of benzene rings is 6. The molecule has 0 unspecified atom stereocenters. The number of rotatable bonds is 12. The van der Waals surface area contributed by atoms with Gasteiger partial charge in [0.15, 0.2) is 11.6 Å². The van der Waals surface area contributed by atoms with Crippen molar-refractivity contribution >= 4 is 21.4 Å². The molecule has 51 heavy (non-hydrogen) atoms. The number of hydrogen-bond acceptors (Lipinski definition) is 10. The Morgan fingerprint density at radius 1 is 0.451 bits per heavy atom. The van der Waals surface area contributed by atoms with Crippen LogP contribution >= 0.6 is 0 Å². The lowest BCUT2D eigenvalue weighted by Crippen LogP contribution is -2.02. The number of carbonyl (C=O) groups excluding carboxylic acids is 2. The van der Waals surface area contributed by atoms with Crippen LogP contribution in [0.5, 0.6) is 46.0 Å². The second-order valence-corrected chi connectivity index (χ2v) is 13.1. The van der Waals surface area contributed by atoms with Crippen molar-refractivity contribution in [1.82, 2.24) is 0 Å². The average molecular weight is 703 g/mol. The first-order valence-corrected chi connectivity index (χ1v) is 16.9. The largest absolute Gasteiger partial charge is 0.507 e. The van der Waals surface area contributed by atoms with Gasteiger partial charge in [0, 0.05) is 23.3 Å². The highest BCUT2D eigenvalue weighted by molar-refractivity contribution is 7.91. The first-order chi connectivity index (χ1) is 24.5. The summed E-state index contributed by atoms with van der Waals surface area (Å²) < 4.78 is 48.5. The first kappa shape index (κ1) is 34.3. The second-order valence-electron chi connectivity index (χ2n) is 11.1. The number of carbonyl (C=O) groups is 2. The van der Waals surface area contributed by atoms with Crippen LogP contribution in [0.4, 0.5) is 0 Å². The SMILES string of the molecule is COc1ccc(C(=O)c2ccc(Oc3ccc(S(=O)(=O)c4ccc(Oc5ccc(C(=O)c6ccc(OC)cc6O)cc5)cc4)cc3)cc2)c(O)c1. The summed E-state index contributed by atoms with van der Waals surface area (Å²) in [6.07, 6.45) is 0. The zero-order valence-electron chi connectivity index (χ0n) is 27.3. The summed E-state index contributed by atoms with van der Waals surface area (Å²) in [7, 11) is -0.930. The quantitative estimate of drug-likeness (QED) is 0.120. The Balaban J connectivity index is 1.07. The fraction of sp³-hybridized carbons (Fsp3) is 0.0500. The van der Waals surface area contributed by atoms with Gasteiger partial charge in [-0.15, -0.1) is 0 Å². The molecule has 0 bridgehead atoms. The normalized spacial score (nSPS) is 11.0. The van der Waals surface area contributed by atoms with Crippen molar-refractivity contribution in [2.24, 2.45) is 0 Å². The summed E-state index contributed by atoms with van der Waals surface area (Å²) in [5, 5.41) is 20.4. The molecule has 0 radical (unpaired) electrons. The van der Waals surface area contributed by atoms with Crippen LogP contribution in [0.25, 0.3) is 0 Å². The van der Waals surface area contributed by atoms with Crippen LogP contribution in [0.15, 0.2) is 143 Å². The molecule has 0 heterocycles. The Labute approximate surface area is 293 Å². The van der Waals surface area contributed by atoms with Gasteiger partial charge in [0.25, 0.3) is 0 Å². The van der Waals surface area contributed by atoms with Gasteiger partial charge in [-0.1, -0.05) is 0 Å². The molecule has 6 aromatic rings. The Morgan fingerprint density at radius 2 is 0.745 bits per heavy atom. The van der Waals surface area contributed by atoms with E-state index in [2.05, 4.69) is 0 Å². The highest BCUT2D eigenvalue weighted by Crippen LogP contribution is 2.31. The summed E-state index contributed by atoms with van der Waals surface area (Å²) in [5.41, 5.74) is 0.963. The lowest BCUT2D eigenvalue weighted by atomic mass is 10.0. The summed E-state index contributed by atoms with van der Waals surface area (Å²) >= 11 is 0. The van der Waals surface area contributed by atoms with Gasteiger partial charge >= 0.3 is 0 Å². The Kier molecular flexibility index (Phi) is 9.74. The fourth-order valence-corrected chi connectivity index (χ4v) is 6.36. The number of ketones is 2. The molecule has 0 atom stereocenters. The third kappa shape index (κ3) is 7.53. The van der Waals surface area contributed by atoms with Crippen molar-refractivity contribution in [3.63, 3.8) is 0 Å². The maximum Gasteiger partial charge on any atom is 0.206 e. The van der Waals surface area contributed by atoms with Gasteiger partial charge in [-0.05, 0) is 121 Å².